The number of anilines is 1. The van der Waals surface area contributed by atoms with Crippen molar-refractivity contribution in [3.05, 3.63) is 54.6 Å². The van der Waals surface area contributed by atoms with E-state index in [0.29, 0.717) is 0 Å². The maximum Gasteiger partial charge on any atom is 0.137 e. The van der Waals surface area contributed by atoms with Crippen LogP contribution >= 0.6 is 12.2 Å². The lowest BCUT2D eigenvalue weighted by molar-refractivity contribution is 0.628. The zero-order valence-corrected chi connectivity index (χ0v) is 14.3. The number of aryl methyl sites for hydroxylation is 1. The predicted octanol–water partition coefficient (Wildman–Crippen LogP) is 4.44. The van der Waals surface area contributed by atoms with Crippen LogP contribution < -0.4 is 5.32 Å². The molecule has 0 saturated heterocycles. The van der Waals surface area contributed by atoms with Gasteiger partial charge in [-0.15, -0.1) is 0 Å². The molecule has 0 amide bonds. The minimum atomic E-state index is -0.273. The van der Waals surface area contributed by atoms with Gasteiger partial charge in [0.2, 0.25) is 0 Å². The smallest absolute Gasteiger partial charge is 0.137 e. The molecule has 0 bridgehead atoms. The first-order chi connectivity index (χ1) is 11.6. The highest BCUT2D eigenvalue weighted by Crippen LogP contribution is 2.37. The van der Waals surface area contributed by atoms with Gasteiger partial charge >= 0.3 is 0 Å². The van der Waals surface area contributed by atoms with Crippen molar-refractivity contribution in [1.29, 1.82) is 0 Å². The third-order valence-corrected chi connectivity index (χ3v) is 4.10. The van der Waals surface area contributed by atoms with Crippen LogP contribution in [0.4, 0.5) is 10.2 Å². The fourth-order valence-electron chi connectivity index (χ4n) is 2.49. The zero-order valence-electron chi connectivity index (χ0n) is 13.5. The molecule has 2 aromatic heterocycles. The molecule has 0 aliphatic rings. The summed E-state index contributed by atoms with van der Waals surface area (Å²) in [6.45, 7) is 2.00. The summed E-state index contributed by atoms with van der Waals surface area (Å²) in [5, 5.41) is 7.89. The van der Waals surface area contributed by atoms with E-state index >= 15 is 0 Å². The van der Waals surface area contributed by atoms with Crippen LogP contribution in [-0.4, -0.2) is 19.8 Å². The van der Waals surface area contributed by atoms with Gasteiger partial charge in [0.05, 0.1) is 10.6 Å². The largest absolute Gasteiger partial charge is 0.334 e. The second-order valence-electron chi connectivity index (χ2n) is 5.34. The predicted molar refractivity (Wildman–Crippen MR) is 98.3 cm³/mol. The third kappa shape index (κ3) is 3.19. The van der Waals surface area contributed by atoms with E-state index in [1.54, 1.807) is 29.2 Å². The van der Waals surface area contributed by atoms with Crippen LogP contribution in [0.2, 0.25) is 0 Å². The second kappa shape index (κ2) is 6.88. The number of rotatable bonds is 4. The molecular formula is C18H17FN4S. The van der Waals surface area contributed by atoms with Gasteiger partial charge in [-0.05, 0) is 48.4 Å². The number of nitrogens with one attached hydrogen (secondary N) is 1. The van der Waals surface area contributed by atoms with E-state index < -0.39 is 0 Å². The van der Waals surface area contributed by atoms with E-state index in [1.165, 1.54) is 12.1 Å². The number of nitrogens with zero attached hydrogens (tertiary/aromatic N) is 3. The number of aromatic nitrogens is 3. The van der Waals surface area contributed by atoms with Crippen LogP contribution in [0.1, 0.15) is 13.3 Å². The third-order valence-electron chi connectivity index (χ3n) is 3.71. The molecule has 2 heterocycles. The molecular weight excluding hydrogens is 323 g/mol. The Hall–Kier alpha value is -2.60. The van der Waals surface area contributed by atoms with Crippen molar-refractivity contribution in [3.8, 4) is 22.4 Å². The Morgan fingerprint density at radius 1 is 1.12 bits per heavy atom. The van der Waals surface area contributed by atoms with Crippen molar-refractivity contribution in [2.75, 3.05) is 5.32 Å². The fraction of sp³-hybridized carbons (Fsp3) is 0.167. The summed E-state index contributed by atoms with van der Waals surface area (Å²) < 4.78 is 15.0. The molecule has 0 unspecified atom stereocenters. The van der Waals surface area contributed by atoms with Gasteiger partial charge in [-0.3, -0.25) is 9.67 Å². The second-order valence-corrected chi connectivity index (χ2v) is 5.83. The first kappa shape index (κ1) is 16.3. The molecule has 6 heteroatoms. The number of hydrogen-bond acceptors (Lipinski definition) is 3. The van der Waals surface area contributed by atoms with Gasteiger partial charge in [0.25, 0.3) is 0 Å². The maximum atomic E-state index is 13.3. The molecule has 0 radical (unpaired) electrons. The van der Waals surface area contributed by atoms with Gasteiger partial charge < -0.3 is 5.32 Å². The molecule has 0 atom stereocenters. The molecule has 4 nitrogen and oxygen atoms in total. The van der Waals surface area contributed by atoms with E-state index in [-0.39, 0.29) is 5.82 Å². The minimum Gasteiger partial charge on any atom is -0.334 e. The van der Waals surface area contributed by atoms with Gasteiger partial charge in [-0.25, -0.2) is 4.39 Å². The SMILES string of the molecule is CCC(=S)Nc1c(-c2ccncc2)c(-c2ccc(F)cc2)nn1C. The standard InChI is InChI=1S/C18H17FN4S/c1-3-15(24)21-18-16(12-8-10-20-11-9-12)17(22-23(18)2)13-4-6-14(19)7-5-13/h4-11H,3H2,1-2H3,(H,21,24). The lowest BCUT2D eigenvalue weighted by Crippen LogP contribution is -2.11. The molecule has 24 heavy (non-hydrogen) atoms. The zero-order chi connectivity index (χ0) is 17.1. The molecule has 1 N–H and O–H groups in total. The van der Waals surface area contributed by atoms with E-state index in [9.17, 15) is 4.39 Å². The summed E-state index contributed by atoms with van der Waals surface area (Å²) in [6, 6.07) is 10.2. The average molecular weight is 340 g/mol. The lowest BCUT2D eigenvalue weighted by Gasteiger charge is -2.10. The number of thiocarbonyl (C=S) groups is 1. The van der Waals surface area contributed by atoms with Gasteiger partial charge in [-0.2, -0.15) is 5.10 Å². The van der Waals surface area contributed by atoms with E-state index in [4.69, 9.17) is 12.2 Å². The normalized spacial score (nSPS) is 10.6. The quantitative estimate of drug-likeness (QED) is 0.713. The Morgan fingerprint density at radius 3 is 2.42 bits per heavy atom. The van der Waals surface area contributed by atoms with Crippen molar-refractivity contribution in [2.24, 2.45) is 7.05 Å². The van der Waals surface area contributed by atoms with Gasteiger partial charge in [0, 0.05) is 25.0 Å². The summed E-state index contributed by atoms with van der Waals surface area (Å²) in [6.07, 6.45) is 4.21. The van der Waals surface area contributed by atoms with Crippen LogP contribution in [0.25, 0.3) is 22.4 Å². The molecule has 3 aromatic rings. The van der Waals surface area contributed by atoms with Gasteiger partial charge in [-0.1, -0.05) is 19.1 Å². The number of halogens is 1. The highest BCUT2D eigenvalue weighted by molar-refractivity contribution is 7.80. The van der Waals surface area contributed by atoms with Crippen molar-refractivity contribution < 1.29 is 4.39 Å². The molecule has 122 valence electrons. The Bertz CT molecular complexity index is 857. The minimum absolute atomic E-state index is 0.273. The number of hydrogen-bond donors (Lipinski definition) is 1. The summed E-state index contributed by atoms with van der Waals surface area (Å²) in [5.74, 6) is 0.540. The van der Waals surface area contributed by atoms with Crippen molar-refractivity contribution >= 4 is 23.0 Å². The summed E-state index contributed by atoms with van der Waals surface area (Å²) in [5.41, 5.74) is 3.50. The monoisotopic (exact) mass is 340 g/mol. The molecule has 1 aromatic carbocycles. The molecule has 3 rings (SSSR count). The van der Waals surface area contributed by atoms with Crippen LogP contribution in [0.5, 0.6) is 0 Å². The summed E-state index contributed by atoms with van der Waals surface area (Å²) in [4.78, 5) is 4.81. The van der Waals surface area contributed by atoms with E-state index in [2.05, 4.69) is 15.4 Å². The van der Waals surface area contributed by atoms with Crippen LogP contribution in [-0.2, 0) is 7.05 Å². The molecule has 0 aliphatic heterocycles. The fourth-order valence-corrected chi connectivity index (χ4v) is 2.59. The molecule has 0 saturated carbocycles. The highest BCUT2D eigenvalue weighted by atomic mass is 32.1. The van der Waals surface area contributed by atoms with Crippen LogP contribution in [0.15, 0.2) is 48.8 Å². The summed E-state index contributed by atoms with van der Waals surface area (Å²) >= 11 is 5.34. The summed E-state index contributed by atoms with van der Waals surface area (Å²) in [7, 11) is 1.86. The average Bonchev–Trinajstić information content (AvgIpc) is 2.92. The topological polar surface area (TPSA) is 42.7 Å². The van der Waals surface area contributed by atoms with Crippen molar-refractivity contribution in [1.82, 2.24) is 14.8 Å². The molecule has 0 spiro atoms. The Labute approximate surface area is 145 Å². The van der Waals surface area contributed by atoms with Gasteiger partial charge in [0.15, 0.2) is 0 Å². The van der Waals surface area contributed by atoms with Crippen molar-refractivity contribution in [2.45, 2.75) is 13.3 Å². The maximum absolute atomic E-state index is 13.3. The van der Waals surface area contributed by atoms with E-state index in [1.807, 2.05) is 26.1 Å². The Kier molecular flexibility index (Phi) is 4.66. The first-order valence-corrected chi connectivity index (χ1v) is 8.04. The van der Waals surface area contributed by atoms with Crippen molar-refractivity contribution in [3.63, 3.8) is 0 Å². The Morgan fingerprint density at radius 2 is 1.79 bits per heavy atom. The van der Waals surface area contributed by atoms with Crippen LogP contribution in [0, 0.1) is 5.82 Å². The first-order valence-electron chi connectivity index (χ1n) is 7.63. The molecule has 0 fully saturated rings. The number of pyridine rings is 1. The van der Waals surface area contributed by atoms with Crippen LogP contribution in [0.3, 0.4) is 0 Å². The lowest BCUT2D eigenvalue weighted by atomic mass is 10.0. The highest BCUT2D eigenvalue weighted by Gasteiger charge is 2.20. The molecule has 0 aliphatic carbocycles. The Balaban J connectivity index is 2.20. The van der Waals surface area contributed by atoms with E-state index in [0.717, 1.165) is 39.6 Å². The van der Waals surface area contributed by atoms with Gasteiger partial charge in [0.1, 0.15) is 17.3 Å². The number of benzene rings is 1.